The zero-order chi connectivity index (χ0) is 14.7. The van der Waals surface area contributed by atoms with Gasteiger partial charge in [-0.05, 0) is 25.5 Å². The molecule has 0 bridgehead atoms. The summed E-state index contributed by atoms with van der Waals surface area (Å²) < 4.78 is 0. The Morgan fingerprint density at radius 1 is 1.33 bits per heavy atom. The topological polar surface area (TPSA) is 41.1 Å². The van der Waals surface area contributed by atoms with Crippen molar-refractivity contribution in [2.75, 3.05) is 34.8 Å². The van der Waals surface area contributed by atoms with Crippen LogP contribution in [0.3, 0.4) is 0 Å². The SMILES string of the molecule is CCCNc1nc(N2CCSCC2C)c2ccccc2n1. The first-order valence-electron chi connectivity index (χ1n) is 7.64. The molecule has 1 fully saturated rings. The van der Waals surface area contributed by atoms with Crippen molar-refractivity contribution in [1.29, 1.82) is 0 Å². The Balaban J connectivity index is 2.05. The van der Waals surface area contributed by atoms with Crippen LogP contribution in [0.5, 0.6) is 0 Å². The van der Waals surface area contributed by atoms with Crippen molar-refractivity contribution in [1.82, 2.24) is 9.97 Å². The van der Waals surface area contributed by atoms with E-state index in [4.69, 9.17) is 4.98 Å². The molecule has 3 rings (SSSR count). The fourth-order valence-corrected chi connectivity index (χ4v) is 3.65. The molecular weight excluding hydrogens is 280 g/mol. The Bertz CT molecular complexity index is 616. The van der Waals surface area contributed by atoms with E-state index in [0.717, 1.165) is 47.9 Å². The highest BCUT2D eigenvalue weighted by atomic mass is 32.2. The van der Waals surface area contributed by atoms with E-state index in [2.05, 4.69) is 47.2 Å². The highest BCUT2D eigenvalue weighted by Gasteiger charge is 2.22. The first-order valence-corrected chi connectivity index (χ1v) is 8.80. The summed E-state index contributed by atoms with van der Waals surface area (Å²) in [5.41, 5.74) is 1.02. The Hall–Kier alpha value is -1.49. The number of hydrogen-bond acceptors (Lipinski definition) is 5. The predicted molar refractivity (Wildman–Crippen MR) is 92.5 cm³/mol. The molecule has 1 aromatic carbocycles. The standard InChI is InChI=1S/C16H22N4S/c1-3-8-17-16-18-14-7-5-4-6-13(14)15(19-16)20-9-10-21-11-12(20)2/h4-7,12H,3,8-11H2,1-2H3,(H,17,18,19). The van der Waals surface area contributed by atoms with E-state index in [9.17, 15) is 0 Å². The highest BCUT2D eigenvalue weighted by molar-refractivity contribution is 7.99. The number of anilines is 2. The third-order valence-electron chi connectivity index (χ3n) is 3.76. The molecule has 0 aliphatic carbocycles. The van der Waals surface area contributed by atoms with Gasteiger partial charge >= 0.3 is 0 Å². The molecule has 1 atom stereocenters. The molecule has 0 spiro atoms. The largest absolute Gasteiger partial charge is 0.354 e. The van der Waals surface area contributed by atoms with Crippen molar-refractivity contribution < 1.29 is 0 Å². The molecule has 1 aliphatic rings. The lowest BCUT2D eigenvalue weighted by molar-refractivity contribution is 0.692. The van der Waals surface area contributed by atoms with Crippen LogP contribution in [0.4, 0.5) is 11.8 Å². The monoisotopic (exact) mass is 302 g/mol. The van der Waals surface area contributed by atoms with Crippen molar-refractivity contribution in [3.05, 3.63) is 24.3 Å². The van der Waals surface area contributed by atoms with Gasteiger partial charge in [0.2, 0.25) is 5.95 Å². The summed E-state index contributed by atoms with van der Waals surface area (Å²) in [6.45, 7) is 6.39. The van der Waals surface area contributed by atoms with E-state index >= 15 is 0 Å². The lowest BCUT2D eigenvalue weighted by Gasteiger charge is -2.34. The van der Waals surface area contributed by atoms with Crippen LogP contribution in [0.1, 0.15) is 20.3 Å². The lowest BCUT2D eigenvalue weighted by Crippen LogP contribution is -2.41. The van der Waals surface area contributed by atoms with E-state index in [-0.39, 0.29) is 0 Å². The lowest BCUT2D eigenvalue weighted by atomic mass is 10.2. The van der Waals surface area contributed by atoms with Gasteiger partial charge in [0.05, 0.1) is 5.52 Å². The van der Waals surface area contributed by atoms with Crippen LogP contribution >= 0.6 is 11.8 Å². The normalized spacial score (nSPS) is 19.0. The summed E-state index contributed by atoms with van der Waals surface area (Å²) in [5, 5.41) is 4.48. The van der Waals surface area contributed by atoms with E-state index in [1.165, 1.54) is 5.75 Å². The van der Waals surface area contributed by atoms with Gasteiger partial charge in [-0.1, -0.05) is 19.1 Å². The fraction of sp³-hybridized carbons (Fsp3) is 0.500. The summed E-state index contributed by atoms with van der Waals surface area (Å²) >= 11 is 2.02. The molecule has 1 aromatic heterocycles. The second kappa shape index (κ2) is 6.52. The van der Waals surface area contributed by atoms with Gasteiger partial charge in [0, 0.05) is 36.0 Å². The number of nitrogens with one attached hydrogen (secondary N) is 1. The van der Waals surface area contributed by atoms with Crippen LogP contribution in [0.25, 0.3) is 10.9 Å². The summed E-state index contributed by atoms with van der Waals surface area (Å²) in [6.07, 6.45) is 1.07. The molecule has 1 N–H and O–H groups in total. The van der Waals surface area contributed by atoms with Crippen LogP contribution in [-0.2, 0) is 0 Å². The van der Waals surface area contributed by atoms with Crippen molar-refractivity contribution >= 4 is 34.4 Å². The number of hydrogen-bond donors (Lipinski definition) is 1. The molecule has 1 aliphatic heterocycles. The summed E-state index contributed by atoms with van der Waals surface area (Å²) in [7, 11) is 0. The van der Waals surface area contributed by atoms with Crippen molar-refractivity contribution in [2.24, 2.45) is 0 Å². The molecule has 112 valence electrons. The number of para-hydroxylation sites is 1. The molecule has 4 nitrogen and oxygen atoms in total. The predicted octanol–water partition coefficient (Wildman–Crippen LogP) is 3.39. The molecular formula is C16H22N4S. The molecule has 5 heteroatoms. The number of aromatic nitrogens is 2. The van der Waals surface area contributed by atoms with Crippen molar-refractivity contribution in [3.63, 3.8) is 0 Å². The maximum Gasteiger partial charge on any atom is 0.225 e. The molecule has 0 saturated carbocycles. The van der Waals surface area contributed by atoms with Gasteiger partial charge in [-0.3, -0.25) is 0 Å². The minimum absolute atomic E-state index is 0.515. The zero-order valence-corrected chi connectivity index (χ0v) is 13.5. The maximum absolute atomic E-state index is 4.81. The maximum atomic E-state index is 4.81. The molecule has 21 heavy (non-hydrogen) atoms. The van der Waals surface area contributed by atoms with Gasteiger partial charge in [-0.15, -0.1) is 0 Å². The second-order valence-electron chi connectivity index (χ2n) is 5.43. The van der Waals surface area contributed by atoms with Gasteiger partial charge in [-0.2, -0.15) is 16.7 Å². The van der Waals surface area contributed by atoms with Gasteiger partial charge in [0.1, 0.15) is 5.82 Å². The average Bonchev–Trinajstić information content (AvgIpc) is 2.52. The zero-order valence-electron chi connectivity index (χ0n) is 12.7. The minimum atomic E-state index is 0.515. The number of thioether (sulfide) groups is 1. The average molecular weight is 302 g/mol. The molecule has 1 unspecified atom stereocenters. The Labute approximate surface area is 130 Å². The van der Waals surface area contributed by atoms with E-state index in [0.29, 0.717) is 6.04 Å². The quantitative estimate of drug-likeness (QED) is 0.937. The molecule has 2 aromatic rings. The Morgan fingerprint density at radius 2 is 2.19 bits per heavy atom. The first kappa shape index (κ1) is 14.4. The van der Waals surface area contributed by atoms with Crippen LogP contribution in [-0.4, -0.2) is 40.6 Å². The summed E-state index contributed by atoms with van der Waals surface area (Å²) in [6, 6.07) is 8.82. The third-order valence-corrected chi connectivity index (χ3v) is 4.95. The Morgan fingerprint density at radius 3 is 3.00 bits per heavy atom. The highest BCUT2D eigenvalue weighted by Crippen LogP contribution is 2.29. The smallest absolute Gasteiger partial charge is 0.225 e. The number of nitrogens with zero attached hydrogens (tertiary/aromatic N) is 3. The second-order valence-corrected chi connectivity index (χ2v) is 6.58. The third kappa shape index (κ3) is 3.07. The molecule has 1 saturated heterocycles. The van der Waals surface area contributed by atoms with Crippen molar-refractivity contribution in [3.8, 4) is 0 Å². The van der Waals surface area contributed by atoms with Gasteiger partial charge < -0.3 is 10.2 Å². The van der Waals surface area contributed by atoms with E-state index in [1.54, 1.807) is 0 Å². The number of fused-ring (bicyclic) bond motifs is 1. The van der Waals surface area contributed by atoms with Crippen LogP contribution in [0, 0.1) is 0 Å². The Kier molecular flexibility index (Phi) is 4.48. The fourth-order valence-electron chi connectivity index (χ4n) is 2.64. The summed E-state index contributed by atoms with van der Waals surface area (Å²) in [4.78, 5) is 11.9. The van der Waals surface area contributed by atoms with Crippen molar-refractivity contribution in [2.45, 2.75) is 26.3 Å². The molecule has 2 heterocycles. The van der Waals surface area contributed by atoms with E-state index in [1.807, 2.05) is 17.8 Å². The first-order chi connectivity index (χ1) is 10.3. The molecule has 0 radical (unpaired) electrons. The van der Waals surface area contributed by atoms with Gasteiger partial charge in [0.25, 0.3) is 0 Å². The van der Waals surface area contributed by atoms with Crippen LogP contribution in [0.2, 0.25) is 0 Å². The summed E-state index contributed by atoms with van der Waals surface area (Å²) in [5.74, 6) is 4.15. The number of benzene rings is 1. The van der Waals surface area contributed by atoms with E-state index < -0.39 is 0 Å². The minimum Gasteiger partial charge on any atom is -0.354 e. The molecule has 0 amide bonds. The van der Waals surface area contributed by atoms with Gasteiger partial charge in [-0.25, -0.2) is 4.98 Å². The number of rotatable bonds is 4. The van der Waals surface area contributed by atoms with Gasteiger partial charge in [0.15, 0.2) is 0 Å². The van der Waals surface area contributed by atoms with Crippen LogP contribution < -0.4 is 10.2 Å². The van der Waals surface area contributed by atoms with Crippen LogP contribution in [0.15, 0.2) is 24.3 Å².